The number of nitrogens with one attached hydrogen (secondary N) is 1. The van der Waals surface area contributed by atoms with E-state index in [1.807, 2.05) is 20.8 Å². The maximum Gasteiger partial charge on any atom is 0.418 e. The summed E-state index contributed by atoms with van der Waals surface area (Å²) in [5.41, 5.74) is -3.93. The van der Waals surface area contributed by atoms with Gasteiger partial charge in [-0.1, -0.05) is 39.0 Å². The maximum absolute atomic E-state index is 13.8. The monoisotopic (exact) mass is 454 g/mol. The number of halogens is 6. The third-order valence-electron chi connectivity index (χ3n) is 4.71. The van der Waals surface area contributed by atoms with E-state index in [4.69, 9.17) is 4.42 Å². The average Bonchev–Trinajstić information content (AvgIpc) is 3.32. The van der Waals surface area contributed by atoms with Crippen LogP contribution in [-0.2, 0) is 17.8 Å². The highest BCUT2D eigenvalue weighted by molar-refractivity contribution is 5.88. The van der Waals surface area contributed by atoms with Crippen molar-refractivity contribution in [3.63, 3.8) is 0 Å². The molecule has 0 aliphatic heterocycles. The summed E-state index contributed by atoms with van der Waals surface area (Å²) >= 11 is 0. The van der Waals surface area contributed by atoms with Crippen molar-refractivity contribution in [2.75, 3.05) is 0 Å². The molecule has 0 bridgehead atoms. The zero-order chi connectivity index (χ0) is 23.5. The molecule has 0 aliphatic carbocycles. The van der Waals surface area contributed by atoms with Crippen LogP contribution in [0.2, 0.25) is 0 Å². The predicted octanol–water partition coefficient (Wildman–Crippen LogP) is 6.62. The van der Waals surface area contributed by atoms with Gasteiger partial charge in [-0.2, -0.15) is 26.3 Å². The molecule has 0 spiro atoms. The minimum absolute atomic E-state index is 0.116. The summed E-state index contributed by atoms with van der Waals surface area (Å²) in [5.74, 6) is 0.00930. The van der Waals surface area contributed by atoms with Gasteiger partial charge in [0.2, 0.25) is 5.89 Å². The van der Waals surface area contributed by atoms with E-state index in [0.29, 0.717) is 6.07 Å². The van der Waals surface area contributed by atoms with Crippen molar-refractivity contribution >= 4 is 11.0 Å². The van der Waals surface area contributed by atoms with Crippen LogP contribution in [0.4, 0.5) is 26.3 Å². The van der Waals surface area contributed by atoms with Gasteiger partial charge in [0.15, 0.2) is 5.82 Å². The molecule has 32 heavy (non-hydrogen) atoms. The number of imidazole rings is 1. The van der Waals surface area contributed by atoms with Crippen LogP contribution >= 0.6 is 0 Å². The van der Waals surface area contributed by atoms with Crippen molar-refractivity contribution < 1.29 is 30.8 Å². The van der Waals surface area contributed by atoms with Crippen molar-refractivity contribution in [3.05, 3.63) is 53.4 Å². The van der Waals surface area contributed by atoms with Gasteiger partial charge >= 0.3 is 12.4 Å². The van der Waals surface area contributed by atoms with Gasteiger partial charge in [-0.25, -0.2) is 4.98 Å². The SMILES string of the molecule is CC(C)(C)c1nnc(-c2nc3cc(-c4ccccc4C(F)(F)F)cc(C(F)(F)F)c3[nH]2)o1. The van der Waals surface area contributed by atoms with E-state index in [1.54, 1.807) is 0 Å². The van der Waals surface area contributed by atoms with Crippen molar-refractivity contribution in [2.24, 2.45) is 0 Å². The first-order chi connectivity index (χ1) is 14.7. The highest BCUT2D eigenvalue weighted by Crippen LogP contribution is 2.42. The Balaban J connectivity index is 1.93. The van der Waals surface area contributed by atoms with Crippen molar-refractivity contribution in [1.29, 1.82) is 0 Å². The Kier molecular flexibility index (Phi) is 4.83. The second kappa shape index (κ2) is 7.07. The Hall–Kier alpha value is -3.37. The van der Waals surface area contributed by atoms with E-state index < -0.39 is 34.4 Å². The minimum Gasteiger partial charge on any atom is -0.418 e. The van der Waals surface area contributed by atoms with Crippen LogP contribution in [0.15, 0.2) is 40.8 Å². The van der Waals surface area contributed by atoms with Gasteiger partial charge in [0.1, 0.15) is 0 Å². The normalized spacial score (nSPS) is 13.2. The molecule has 0 saturated carbocycles. The quantitative estimate of drug-likeness (QED) is 0.346. The minimum atomic E-state index is -4.85. The highest BCUT2D eigenvalue weighted by Gasteiger charge is 2.37. The average molecular weight is 454 g/mol. The fourth-order valence-electron chi connectivity index (χ4n) is 3.20. The fourth-order valence-corrected chi connectivity index (χ4v) is 3.20. The lowest BCUT2D eigenvalue weighted by molar-refractivity contribution is -0.137. The largest absolute Gasteiger partial charge is 0.418 e. The smallest absolute Gasteiger partial charge is 0.418 e. The lowest BCUT2D eigenvalue weighted by Crippen LogP contribution is -2.11. The van der Waals surface area contributed by atoms with Crippen LogP contribution in [0.25, 0.3) is 33.9 Å². The first kappa shape index (κ1) is 21.8. The molecule has 2 aromatic carbocycles. The Labute approximate surface area is 177 Å². The first-order valence-corrected chi connectivity index (χ1v) is 9.37. The molecule has 2 aromatic heterocycles. The summed E-state index contributed by atoms with van der Waals surface area (Å²) in [6.07, 6.45) is -9.59. The molecule has 0 fully saturated rings. The van der Waals surface area contributed by atoms with Gasteiger partial charge < -0.3 is 9.40 Å². The number of aromatic nitrogens is 4. The number of nitrogens with zero attached hydrogens (tertiary/aromatic N) is 3. The van der Waals surface area contributed by atoms with Gasteiger partial charge in [-0.15, -0.1) is 10.2 Å². The molecule has 5 nitrogen and oxygen atoms in total. The molecular formula is C21H16F6N4O. The summed E-state index contributed by atoms with van der Waals surface area (Å²) in [5, 5.41) is 7.71. The molecule has 0 unspecified atom stereocenters. The summed E-state index contributed by atoms with van der Waals surface area (Å²) in [6.45, 7) is 5.44. The van der Waals surface area contributed by atoms with Crippen LogP contribution in [0, 0.1) is 0 Å². The summed E-state index contributed by atoms with van der Waals surface area (Å²) in [4.78, 5) is 6.62. The van der Waals surface area contributed by atoms with Crippen LogP contribution in [0.3, 0.4) is 0 Å². The number of hydrogen-bond donors (Lipinski definition) is 1. The van der Waals surface area contributed by atoms with Crippen molar-refractivity contribution in [3.8, 4) is 22.8 Å². The molecule has 0 atom stereocenters. The zero-order valence-corrected chi connectivity index (χ0v) is 17.0. The number of fused-ring (bicyclic) bond motifs is 1. The molecule has 1 N–H and O–H groups in total. The second-order valence-corrected chi connectivity index (χ2v) is 8.21. The number of hydrogen-bond acceptors (Lipinski definition) is 4. The molecule has 2 heterocycles. The fraction of sp³-hybridized carbons (Fsp3) is 0.286. The van der Waals surface area contributed by atoms with E-state index in [-0.39, 0.29) is 34.2 Å². The van der Waals surface area contributed by atoms with E-state index in [2.05, 4.69) is 20.2 Å². The zero-order valence-electron chi connectivity index (χ0n) is 17.0. The van der Waals surface area contributed by atoms with Gasteiger partial charge in [0.25, 0.3) is 5.89 Å². The van der Waals surface area contributed by atoms with Gasteiger partial charge in [0.05, 0.1) is 22.2 Å². The third kappa shape index (κ3) is 3.94. The lowest BCUT2D eigenvalue weighted by atomic mass is 9.96. The molecule has 11 heteroatoms. The van der Waals surface area contributed by atoms with Crippen LogP contribution in [-0.4, -0.2) is 20.2 Å². The first-order valence-electron chi connectivity index (χ1n) is 9.37. The molecule has 0 aliphatic rings. The van der Waals surface area contributed by atoms with Crippen LogP contribution < -0.4 is 0 Å². The predicted molar refractivity (Wildman–Crippen MR) is 104 cm³/mol. The topological polar surface area (TPSA) is 67.6 Å². The van der Waals surface area contributed by atoms with Gasteiger partial charge in [-0.05, 0) is 29.3 Å². The highest BCUT2D eigenvalue weighted by atomic mass is 19.4. The number of rotatable bonds is 2. The van der Waals surface area contributed by atoms with Crippen LogP contribution in [0.1, 0.15) is 37.8 Å². The van der Waals surface area contributed by atoms with Crippen molar-refractivity contribution in [2.45, 2.75) is 38.5 Å². The third-order valence-corrected chi connectivity index (χ3v) is 4.71. The molecule has 4 rings (SSSR count). The number of H-pyrrole nitrogens is 1. The van der Waals surface area contributed by atoms with Gasteiger partial charge in [0, 0.05) is 5.41 Å². The van der Waals surface area contributed by atoms with Gasteiger partial charge in [-0.3, -0.25) is 0 Å². The molecule has 4 aromatic rings. The standard InChI is InChI=1S/C21H16F6N4O/c1-19(2,3)18-31-30-17(32-18)16-28-14-9-10(8-13(15(14)29-16)21(25,26)27)11-6-4-5-7-12(11)20(22,23)24/h4-9H,1-3H3,(H,28,29). The van der Waals surface area contributed by atoms with E-state index in [1.165, 1.54) is 12.1 Å². The summed E-state index contributed by atoms with van der Waals surface area (Å²) in [7, 11) is 0. The maximum atomic E-state index is 13.8. The molecule has 0 radical (unpaired) electrons. The summed E-state index contributed by atoms with van der Waals surface area (Å²) in [6, 6.07) is 6.26. The number of aromatic amines is 1. The van der Waals surface area contributed by atoms with Crippen LogP contribution in [0.5, 0.6) is 0 Å². The molecular weight excluding hydrogens is 438 g/mol. The Morgan fingerprint density at radius 2 is 1.50 bits per heavy atom. The number of benzene rings is 2. The van der Waals surface area contributed by atoms with E-state index in [0.717, 1.165) is 18.2 Å². The molecule has 0 saturated heterocycles. The second-order valence-electron chi connectivity index (χ2n) is 8.21. The Morgan fingerprint density at radius 3 is 2.09 bits per heavy atom. The lowest BCUT2D eigenvalue weighted by Gasteiger charge is -2.15. The summed E-state index contributed by atoms with van der Waals surface area (Å²) < 4.78 is 87.2. The molecule has 168 valence electrons. The Bertz CT molecular complexity index is 1290. The van der Waals surface area contributed by atoms with E-state index in [9.17, 15) is 26.3 Å². The van der Waals surface area contributed by atoms with E-state index >= 15 is 0 Å². The van der Waals surface area contributed by atoms with Crippen molar-refractivity contribution in [1.82, 2.24) is 20.2 Å². The molecule has 0 amide bonds. The Morgan fingerprint density at radius 1 is 0.844 bits per heavy atom. The number of alkyl halides is 6.